The second-order valence-corrected chi connectivity index (χ2v) is 4.75. The van der Waals surface area contributed by atoms with E-state index in [-0.39, 0.29) is 0 Å². The summed E-state index contributed by atoms with van der Waals surface area (Å²) in [7, 11) is 0. The molecule has 0 unspecified atom stereocenters. The molecule has 88 valence electrons. The van der Waals surface area contributed by atoms with Crippen molar-refractivity contribution < 1.29 is 5.11 Å². The number of aryl methyl sites for hydroxylation is 1. The molecule has 1 aromatic carbocycles. The van der Waals surface area contributed by atoms with Gasteiger partial charge < -0.3 is 10.4 Å². The fourth-order valence-corrected chi connectivity index (χ4v) is 2.55. The maximum atomic E-state index is 9.82. The number of rotatable bonds is 3. The molecule has 2 N–H and O–H groups in total. The summed E-state index contributed by atoms with van der Waals surface area (Å²) in [6, 6.07) is 4.44. The lowest BCUT2D eigenvalue weighted by atomic mass is 9.85. The molecular formula is C14H21NO. The molecule has 0 saturated carbocycles. The van der Waals surface area contributed by atoms with E-state index in [1.54, 1.807) is 0 Å². The van der Waals surface area contributed by atoms with Gasteiger partial charge in [0.15, 0.2) is 0 Å². The molecule has 2 rings (SSSR count). The van der Waals surface area contributed by atoms with Crippen molar-refractivity contribution in [2.45, 2.75) is 45.6 Å². The van der Waals surface area contributed by atoms with Gasteiger partial charge in [-0.3, -0.25) is 0 Å². The Morgan fingerprint density at radius 2 is 2.19 bits per heavy atom. The summed E-state index contributed by atoms with van der Waals surface area (Å²) in [5.41, 5.74) is 3.85. The maximum absolute atomic E-state index is 9.82. The number of hydrogen-bond acceptors (Lipinski definition) is 2. The average molecular weight is 219 g/mol. The number of benzene rings is 1. The van der Waals surface area contributed by atoms with Crippen molar-refractivity contribution in [2.75, 3.05) is 6.54 Å². The molecular weight excluding hydrogens is 198 g/mol. The molecule has 0 saturated heterocycles. The van der Waals surface area contributed by atoms with Crippen LogP contribution in [0.25, 0.3) is 0 Å². The van der Waals surface area contributed by atoms with Gasteiger partial charge in [0.1, 0.15) is 5.75 Å². The van der Waals surface area contributed by atoms with Crippen LogP contribution >= 0.6 is 0 Å². The molecule has 1 aliphatic rings. The highest BCUT2D eigenvalue weighted by molar-refractivity contribution is 5.45. The molecule has 0 heterocycles. The predicted molar refractivity (Wildman–Crippen MR) is 67.0 cm³/mol. The summed E-state index contributed by atoms with van der Waals surface area (Å²) in [5.74, 6) is 0.481. The first-order chi connectivity index (χ1) is 7.72. The van der Waals surface area contributed by atoms with E-state index in [1.165, 1.54) is 23.1 Å². The molecule has 0 bridgehead atoms. The van der Waals surface area contributed by atoms with E-state index in [2.05, 4.69) is 19.2 Å². The van der Waals surface area contributed by atoms with E-state index in [0.29, 0.717) is 11.8 Å². The van der Waals surface area contributed by atoms with Crippen molar-refractivity contribution >= 4 is 0 Å². The first-order valence-electron chi connectivity index (χ1n) is 6.26. The van der Waals surface area contributed by atoms with E-state index in [0.717, 1.165) is 25.8 Å². The summed E-state index contributed by atoms with van der Waals surface area (Å²) in [4.78, 5) is 0. The molecule has 1 aliphatic carbocycles. The molecule has 0 spiro atoms. The Hall–Kier alpha value is -1.02. The van der Waals surface area contributed by atoms with Crippen molar-refractivity contribution in [1.29, 1.82) is 0 Å². The van der Waals surface area contributed by atoms with E-state index in [1.807, 2.05) is 12.1 Å². The van der Waals surface area contributed by atoms with E-state index < -0.39 is 0 Å². The molecule has 2 heteroatoms. The minimum absolute atomic E-state index is 0.481. The van der Waals surface area contributed by atoms with Gasteiger partial charge in [0.2, 0.25) is 0 Å². The van der Waals surface area contributed by atoms with Gasteiger partial charge in [-0.25, -0.2) is 0 Å². The highest BCUT2D eigenvalue weighted by Crippen LogP contribution is 2.31. The molecule has 1 atom stereocenters. The maximum Gasteiger partial charge on any atom is 0.119 e. The summed E-state index contributed by atoms with van der Waals surface area (Å²) >= 11 is 0. The van der Waals surface area contributed by atoms with Gasteiger partial charge in [0.25, 0.3) is 0 Å². The van der Waals surface area contributed by atoms with Gasteiger partial charge in [0.05, 0.1) is 0 Å². The lowest BCUT2D eigenvalue weighted by molar-refractivity contribution is 0.431. The van der Waals surface area contributed by atoms with Gasteiger partial charge in [0, 0.05) is 6.04 Å². The average Bonchev–Trinajstić information content (AvgIpc) is 2.31. The first-order valence-corrected chi connectivity index (χ1v) is 6.26. The Morgan fingerprint density at radius 3 is 2.94 bits per heavy atom. The van der Waals surface area contributed by atoms with Crippen LogP contribution in [0.4, 0.5) is 0 Å². The van der Waals surface area contributed by atoms with Crippen LogP contribution in [0.1, 0.15) is 36.5 Å². The Balaban J connectivity index is 2.16. The summed E-state index contributed by atoms with van der Waals surface area (Å²) in [6.07, 6.45) is 4.40. The number of aromatic hydroxyl groups is 1. The summed E-state index contributed by atoms with van der Waals surface area (Å²) < 4.78 is 0. The fraction of sp³-hybridized carbons (Fsp3) is 0.571. The molecule has 0 fully saturated rings. The number of hydrogen-bond donors (Lipinski definition) is 2. The Labute approximate surface area is 97.7 Å². The fourth-order valence-electron chi connectivity index (χ4n) is 2.55. The molecule has 16 heavy (non-hydrogen) atoms. The smallest absolute Gasteiger partial charge is 0.119 e. The van der Waals surface area contributed by atoms with Gasteiger partial charge in [-0.05, 0) is 61.9 Å². The van der Waals surface area contributed by atoms with Crippen molar-refractivity contribution in [3.05, 3.63) is 28.8 Å². The minimum Gasteiger partial charge on any atom is -0.508 e. The molecule has 2 nitrogen and oxygen atoms in total. The van der Waals surface area contributed by atoms with Gasteiger partial charge in [-0.15, -0.1) is 0 Å². The van der Waals surface area contributed by atoms with Crippen LogP contribution in [-0.4, -0.2) is 17.7 Å². The zero-order valence-corrected chi connectivity index (χ0v) is 10.2. The van der Waals surface area contributed by atoms with Gasteiger partial charge >= 0.3 is 0 Å². The summed E-state index contributed by atoms with van der Waals surface area (Å²) in [6.45, 7) is 5.43. The van der Waals surface area contributed by atoms with E-state index in [4.69, 9.17) is 0 Å². The summed E-state index contributed by atoms with van der Waals surface area (Å²) in [5, 5.41) is 13.4. The van der Waals surface area contributed by atoms with Crippen molar-refractivity contribution in [1.82, 2.24) is 5.32 Å². The zero-order valence-electron chi connectivity index (χ0n) is 10.2. The third-order valence-corrected chi connectivity index (χ3v) is 3.52. The largest absolute Gasteiger partial charge is 0.508 e. The third kappa shape index (κ3) is 2.22. The van der Waals surface area contributed by atoms with Crippen molar-refractivity contribution in [3.8, 4) is 5.75 Å². The second-order valence-electron chi connectivity index (χ2n) is 4.75. The SMILES string of the molecule is CCCN[C@H]1CCc2c(O)ccc(C)c2C1. The first kappa shape index (κ1) is 11.5. The molecule has 0 aromatic heterocycles. The van der Waals surface area contributed by atoms with E-state index in [9.17, 15) is 5.11 Å². The molecule has 0 radical (unpaired) electrons. The molecule has 0 amide bonds. The van der Waals surface area contributed by atoms with Crippen LogP contribution in [0.5, 0.6) is 5.75 Å². The van der Waals surface area contributed by atoms with E-state index >= 15 is 0 Å². The lowest BCUT2D eigenvalue weighted by Gasteiger charge is -2.27. The van der Waals surface area contributed by atoms with Crippen LogP contribution in [0.15, 0.2) is 12.1 Å². The Kier molecular flexibility index (Phi) is 3.49. The highest BCUT2D eigenvalue weighted by atomic mass is 16.3. The van der Waals surface area contributed by atoms with Crippen LogP contribution < -0.4 is 5.32 Å². The van der Waals surface area contributed by atoms with Gasteiger partial charge in [-0.2, -0.15) is 0 Å². The second kappa shape index (κ2) is 4.88. The van der Waals surface area contributed by atoms with Crippen LogP contribution in [-0.2, 0) is 12.8 Å². The lowest BCUT2D eigenvalue weighted by Crippen LogP contribution is -2.35. The number of nitrogens with one attached hydrogen (secondary N) is 1. The van der Waals surface area contributed by atoms with Crippen molar-refractivity contribution in [3.63, 3.8) is 0 Å². The highest BCUT2D eigenvalue weighted by Gasteiger charge is 2.21. The number of phenols is 1. The van der Waals surface area contributed by atoms with Crippen molar-refractivity contribution in [2.24, 2.45) is 0 Å². The standard InChI is InChI=1S/C14H21NO/c1-3-8-15-11-5-6-12-13(9-11)10(2)4-7-14(12)16/h4,7,11,15-16H,3,5-6,8-9H2,1-2H3/t11-/m0/s1. The Bertz CT molecular complexity index is 373. The third-order valence-electron chi connectivity index (χ3n) is 3.52. The Morgan fingerprint density at radius 1 is 1.38 bits per heavy atom. The monoisotopic (exact) mass is 219 g/mol. The molecule has 0 aliphatic heterocycles. The van der Waals surface area contributed by atoms with Crippen LogP contribution in [0.3, 0.4) is 0 Å². The number of phenolic OH excluding ortho intramolecular Hbond substituents is 1. The number of fused-ring (bicyclic) bond motifs is 1. The normalized spacial score (nSPS) is 19.5. The zero-order chi connectivity index (χ0) is 11.5. The quantitative estimate of drug-likeness (QED) is 0.819. The van der Waals surface area contributed by atoms with Crippen LogP contribution in [0, 0.1) is 6.92 Å². The van der Waals surface area contributed by atoms with Gasteiger partial charge in [-0.1, -0.05) is 13.0 Å². The van der Waals surface area contributed by atoms with Crippen LogP contribution in [0.2, 0.25) is 0 Å². The minimum atomic E-state index is 0.481. The molecule has 1 aromatic rings. The predicted octanol–water partition coefficient (Wildman–Crippen LogP) is 2.56. The topological polar surface area (TPSA) is 32.3 Å².